The summed E-state index contributed by atoms with van der Waals surface area (Å²) in [5.74, 6) is -1.27. The molecule has 0 spiro atoms. The van der Waals surface area contributed by atoms with Gasteiger partial charge in [-0.2, -0.15) is 0 Å². The van der Waals surface area contributed by atoms with Crippen LogP contribution in [0.5, 0.6) is 0 Å². The number of nitrogens with two attached hydrogens (primary N) is 3. The van der Waals surface area contributed by atoms with Crippen LogP contribution in [0.2, 0.25) is 0 Å². The number of carbonyl (C=O) groups is 3. The predicted octanol–water partition coefficient (Wildman–Crippen LogP) is 11.2. The van der Waals surface area contributed by atoms with E-state index in [1.54, 1.807) is 0 Å². The molecule has 1 atom stereocenters. The number of aliphatic hydroxyl groups is 1. The number of ether oxygens (including phenoxy) is 3. The van der Waals surface area contributed by atoms with Gasteiger partial charge in [0.15, 0.2) is 56.8 Å². The maximum atomic E-state index is 14.7. The zero-order valence-electron chi connectivity index (χ0n) is 53.3. The van der Waals surface area contributed by atoms with E-state index in [2.05, 4.69) is 55.9 Å². The highest BCUT2D eigenvalue weighted by Gasteiger charge is 2.26. The van der Waals surface area contributed by atoms with Gasteiger partial charge >= 0.3 is 17.9 Å². The second-order valence-corrected chi connectivity index (χ2v) is 23.6. The molecule has 8 bridgehead atoms. The standard InChI is InChI=1S/C72H90N10O7/c1-47(2)12-9-13-48(3)14-10-15-49(4)16-11-17-67(83)70-52(7)61-40-59-50(5)57(18-20-68(84)87-44-54-22-31-80(32-23-54)37-28-73)63(76-59)43-64-58(19-21-69(85)88-45-55-24-33-81(34-25-55)38-29-74)51(6)60(77-64)41-66-71(53(8)62(79-66)42-65(70)78-61)72(86)89-46-56-26-35-82(36-27-56)39-30-75/h12,14,16,22-27,31-36,40-43,67,83H,9-11,13,15,17-21,28-30,37-39,44-46,73-75H2,1-8H3,(H-,76,77,78,79,86)/q+2/p+1/b48-14+,49-16+,59-40?,60-41?,61-40?,62-42?,63-43?,64-43?,65-42?,66-41?. The van der Waals surface area contributed by atoms with E-state index < -0.39 is 12.1 Å². The molecule has 0 aromatic carbocycles. The minimum Gasteiger partial charge on any atom is -0.461 e. The summed E-state index contributed by atoms with van der Waals surface area (Å²) < 4.78 is 23.7. The van der Waals surface area contributed by atoms with Gasteiger partial charge in [-0.25, -0.2) is 28.5 Å². The number of H-pyrrole nitrogens is 2. The molecule has 0 fully saturated rings. The number of aryl methyl sites for hydroxylation is 2. The van der Waals surface area contributed by atoms with Crippen LogP contribution in [0.1, 0.15) is 178 Å². The van der Waals surface area contributed by atoms with Crippen LogP contribution < -0.4 is 30.9 Å². The van der Waals surface area contributed by atoms with Crippen LogP contribution in [0.25, 0.3) is 44.4 Å². The Balaban J connectivity index is 1.21. The number of aromatic amines is 2. The summed E-state index contributed by atoms with van der Waals surface area (Å²) in [6, 6.07) is 19.2. The molecule has 2 aliphatic rings. The van der Waals surface area contributed by atoms with Gasteiger partial charge in [0.2, 0.25) is 0 Å². The van der Waals surface area contributed by atoms with Crippen molar-refractivity contribution in [3.8, 4) is 0 Å². The Morgan fingerprint density at radius 2 is 0.955 bits per heavy atom. The topological polar surface area (TPSA) is 246 Å². The normalized spacial score (nSPS) is 13.0. The number of nitrogens with one attached hydrogen (secondary N) is 2. The Kier molecular flexibility index (Phi) is 24.0. The largest absolute Gasteiger partial charge is 0.461 e. The predicted molar refractivity (Wildman–Crippen MR) is 349 cm³/mol. The Bertz CT molecular complexity index is 3830. The van der Waals surface area contributed by atoms with Gasteiger partial charge in [-0.05, 0) is 164 Å². The van der Waals surface area contributed by atoms with Crippen molar-refractivity contribution in [2.45, 2.75) is 165 Å². The molecule has 2 aliphatic heterocycles. The molecule has 17 nitrogen and oxygen atoms in total. The van der Waals surface area contributed by atoms with Crippen molar-refractivity contribution < 1.29 is 47.4 Å². The minimum atomic E-state index is -0.859. The minimum absolute atomic E-state index is 0.0276. The zero-order valence-corrected chi connectivity index (χ0v) is 53.3. The van der Waals surface area contributed by atoms with Crippen LogP contribution in [-0.4, -0.2) is 62.6 Å². The van der Waals surface area contributed by atoms with Crippen molar-refractivity contribution in [3.63, 3.8) is 0 Å². The van der Waals surface area contributed by atoms with Gasteiger partial charge in [0.1, 0.15) is 19.8 Å². The summed E-state index contributed by atoms with van der Waals surface area (Å²) >= 11 is 0. The molecule has 9 N–H and O–H groups in total. The van der Waals surface area contributed by atoms with E-state index in [0.29, 0.717) is 109 Å². The maximum Gasteiger partial charge on any atom is 0.340 e. The van der Waals surface area contributed by atoms with Crippen LogP contribution in [-0.2, 0) is 63.3 Å². The summed E-state index contributed by atoms with van der Waals surface area (Å²) in [6.45, 7) is 20.3. The number of pyridine rings is 3. The molecule has 0 saturated heterocycles. The summed E-state index contributed by atoms with van der Waals surface area (Å²) in [4.78, 5) is 59.8. The molecule has 6 aromatic heterocycles. The number of hydrogen-bond donors (Lipinski definition) is 6. The molecular formula is C72H91N10O7+3. The number of allylic oxidation sites excluding steroid dienone is 10. The number of hydrogen-bond acceptors (Lipinski definition) is 12. The summed E-state index contributed by atoms with van der Waals surface area (Å²) in [7, 11) is 0. The van der Waals surface area contributed by atoms with E-state index in [-0.39, 0.29) is 51.0 Å². The van der Waals surface area contributed by atoms with E-state index in [1.165, 1.54) is 16.7 Å². The first-order valence-corrected chi connectivity index (χ1v) is 31.2. The van der Waals surface area contributed by atoms with Crippen molar-refractivity contribution in [2.75, 3.05) is 19.6 Å². The average molecular weight is 1210 g/mol. The Labute approximate surface area is 523 Å². The number of esters is 3. The fraction of sp³-hybridized carbons (Fsp3) is 0.389. The summed E-state index contributed by atoms with van der Waals surface area (Å²) in [5, 5.41) is 12.4. The second-order valence-electron chi connectivity index (χ2n) is 23.6. The number of nitrogens with zero attached hydrogens (tertiary/aromatic N) is 5. The van der Waals surface area contributed by atoms with E-state index in [9.17, 15) is 19.5 Å². The van der Waals surface area contributed by atoms with Gasteiger partial charge in [-0.3, -0.25) is 9.59 Å². The summed E-state index contributed by atoms with van der Waals surface area (Å²) in [6.07, 6.45) is 23.4. The van der Waals surface area contributed by atoms with Crippen LogP contribution in [0.4, 0.5) is 0 Å². The van der Waals surface area contributed by atoms with Gasteiger partial charge < -0.3 is 46.5 Å². The molecule has 0 amide bonds. The lowest BCUT2D eigenvalue weighted by atomic mass is 9.98. The smallest absolute Gasteiger partial charge is 0.340 e. The van der Waals surface area contributed by atoms with Crippen LogP contribution in [0, 0.1) is 13.8 Å². The van der Waals surface area contributed by atoms with Gasteiger partial charge in [-0.1, -0.05) is 34.9 Å². The van der Waals surface area contributed by atoms with Crippen LogP contribution in [0.15, 0.2) is 133 Å². The first-order valence-electron chi connectivity index (χ1n) is 31.2. The van der Waals surface area contributed by atoms with Crippen molar-refractivity contribution in [1.29, 1.82) is 0 Å². The first kappa shape index (κ1) is 66.5. The molecule has 1 unspecified atom stereocenters. The van der Waals surface area contributed by atoms with Gasteiger partial charge in [0.25, 0.3) is 0 Å². The lowest BCUT2D eigenvalue weighted by Crippen LogP contribution is -2.36. The molecule has 0 radical (unpaired) electrons. The fourth-order valence-electron chi connectivity index (χ4n) is 11.2. The molecule has 8 heterocycles. The second kappa shape index (κ2) is 32.1. The quantitative estimate of drug-likeness (QED) is 0.0111. The van der Waals surface area contributed by atoms with Crippen LogP contribution in [0.3, 0.4) is 0 Å². The maximum absolute atomic E-state index is 14.7. The third-order valence-corrected chi connectivity index (χ3v) is 16.5. The van der Waals surface area contributed by atoms with Gasteiger partial charge in [0.05, 0.1) is 59.6 Å². The molecule has 0 aliphatic carbocycles. The van der Waals surface area contributed by atoms with Crippen molar-refractivity contribution in [2.24, 2.45) is 17.2 Å². The van der Waals surface area contributed by atoms with Crippen molar-refractivity contribution in [3.05, 3.63) is 195 Å². The van der Waals surface area contributed by atoms with Gasteiger partial charge in [0, 0.05) is 88.0 Å². The molecule has 0 saturated carbocycles. The number of aromatic nitrogens is 7. The lowest BCUT2D eigenvalue weighted by molar-refractivity contribution is -0.694. The highest BCUT2D eigenvalue weighted by Crippen LogP contribution is 2.39. The molecule has 468 valence electrons. The third kappa shape index (κ3) is 18.3. The SMILES string of the molecule is CC(C)=CCC/C(C)=C/CC/C(C)=C/CCC(O)c1c(C)c2cc3nc(cc4nc(cc5[nH]c(cc1[nH]2)c(C)c5C(=O)OCc1cc[n+](CCN)cc1)C(C)=C4CCC(=O)OCc1cc[n+](CCN)cc1)C(CCC(=O)OCc1cc[n+](CCN)cc1)=C3C. The van der Waals surface area contributed by atoms with Crippen molar-refractivity contribution >= 4 is 62.3 Å². The van der Waals surface area contributed by atoms with Gasteiger partial charge in [-0.15, -0.1) is 0 Å². The van der Waals surface area contributed by atoms with E-state index in [1.807, 2.05) is 139 Å². The lowest BCUT2D eigenvalue weighted by Gasteiger charge is -2.10. The van der Waals surface area contributed by atoms with E-state index in [4.69, 9.17) is 41.4 Å². The average Bonchev–Trinajstić information content (AvgIpc) is 1.66. The van der Waals surface area contributed by atoms with E-state index in [0.717, 1.165) is 81.3 Å². The van der Waals surface area contributed by atoms with Crippen molar-refractivity contribution in [1.82, 2.24) is 19.9 Å². The Morgan fingerprint density at radius 1 is 0.528 bits per heavy atom. The highest BCUT2D eigenvalue weighted by molar-refractivity contribution is 6.03. The van der Waals surface area contributed by atoms with E-state index >= 15 is 0 Å². The fourth-order valence-corrected chi connectivity index (χ4v) is 11.2. The number of fused-ring (bicyclic) bond motifs is 8. The molecule has 89 heavy (non-hydrogen) atoms. The molecule has 17 heteroatoms. The number of rotatable bonds is 29. The number of aliphatic hydroxyl groups excluding tert-OH is 1. The molecule has 8 rings (SSSR count). The third-order valence-electron chi connectivity index (χ3n) is 16.5. The van der Waals surface area contributed by atoms with Crippen LogP contribution >= 0.6 is 0 Å². The Morgan fingerprint density at radius 3 is 1.43 bits per heavy atom. The molecule has 6 aromatic rings. The summed E-state index contributed by atoms with van der Waals surface area (Å²) in [5.41, 5.74) is 34.6. The zero-order chi connectivity index (χ0) is 63.6. The highest BCUT2D eigenvalue weighted by atomic mass is 16.5. The Hall–Kier alpha value is -8.48. The number of carbonyl (C=O) groups excluding carboxylic acids is 3. The first-order chi connectivity index (χ1) is 42.9. The molecular weight excluding hydrogens is 1120 g/mol. The monoisotopic (exact) mass is 1210 g/mol.